The zero-order chi connectivity index (χ0) is 28.2. The molecule has 0 aliphatic carbocycles. The van der Waals surface area contributed by atoms with Crippen LogP contribution in [0.4, 0.5) is 27.5 Å². The number of rotatable bonds is 6. The molecule has 0 aliphatic heterocycles. The van der Waals surface area contributed by atoms with Gasteiger partial charge in [0.2, 0.25) is 5.95 Å². The summed E-state index contributed by atoms with van der Waals surface area (Å²) in [4.78, 5) is 22.6. The molecule has 0 fully saturated rings. The molecule has 2 heterocycles. The van der Waals surface area contributed by atoms with Crippen molar-refractivity contribution >= 4 is 44.4 Å². The molecule has 202 valence electrons. The van der Waals surface area contributed by atoms with E-state index in [-0.39, 0.29) is 10.6 Å². The van der Waals surface area contributed by atoms with Gasteiger partial charge in [0.1, 0.15) is 5.82 Å². The minimum atomic E-state index is -4.00. The fourth-order valence-corrected chi connectivity index (χ4v) is 3.98. The highest BCUT2D eigenvalue weighted by Gasteiger charge is 2.11. The summed E-state index contributed by atoms with van der Waals surface area (Å²) < 4.78 is 53.3. The number of hydrogen-bond donors (Lipinski definition) is 4. The maximum Gasteiger partial charge on any atom is 0.417 e. The maximum absolute atomic E-state index is 14.0. The van der Waals surface area contributed by atoms with Crippen molar-refractivity contribution in [1.82, 2.24) is 15.0 Å². The molecule has 5 rings (SSSR count). The molecular weight excluding hydrogens is 529 g/mol. The van der Waals surface area contributed by atoms with Crippen molar-refractivity contribution in [2.45, 2.75) is 18.7 Å². The molecule has 39 heavy (non-hydrogen) atoms. The third-order valence-electron chi connectivity index (χ3n) is 5.39. The summed E-state index contributed by atoms with van der Waals surface area (Å²) in [6.07, 6.45) is 1.67. The zero-order valence-electron chi connectivity index (χ0n) is 21.0. The van der Waals surface area contributed by atoms with Crippen LogP contribution >= 0.6 is 0 Å². The second kappa shape index (κ2) is 11.3. The van der Waals surface area contributed by atoms with Gasteiger partial charge in [0, 0.05) is 29.2 Å². The molecule has 11 nitrogen and oxygen atoms in total. The van der Waals surface area contributed by atoms with Crippen LogP contribution in [0.1, 0.15) is 11.1 Å². The smallest absolute Gasteiger partial charge is 0.417 e. The minimum absolute atomic E-state index is 0.0741. The Morgan fingerprint density at radius 1 is 1.00 bits per heavy atom. The van der Waals surface area contributed by atoms with Gasteiger partial charge in [0.05, 0.1) is 17.5 Å². The van der Waals surface area contributed by atoms with E-state index in [1.165, 1.54) is 19.2 Å². The predicted octanol–water partition coefficient (Wildman–Crippen LogP) is 5.10. The fourth-order valence-electron chi connectivity index (χ4n) is 3.47. The van der Waals surface area contributed by atoms with Crippen LogP contribution in [-0.2, 0) is 10.1 Å². The van der Waals surface area contributed by atoms with Gasteiger partial charge >= 0.3 is 5.76 Å². The van der Waals surface area contributed by atoms with Gasteiger partial charge in [-0.15, -0.1) is 0 Å². The lowest BCUT2D eigenvalue weighted by atomic mass is 10.2. The molecule has 13 heteroatoms. The molecule has 2 aromatic heterocycles. The van der Waals surface area contributed by atoms with Gasteiger partial charge in [-0.05, 0) is 55.8 Å². The number of fused-ring (bicyclic) bond motifs is 1. The summed E-state index contributed by atoms with van der Waals surface area (Å²) in [6, 6.07) is 15.8. The summed E-state index contributed by atoms with van der Waals surface area (Å²) in [6.45, 7) is 3.53. The van der Waals surface area contributed by atoms with E-state index < -0.39 is 21.7 Å². The highest BCUT2D eigenvalue weighted by molar-refractivity contribution is 7.85. The van der Waals surface area contributed by atoms with Gasteiger partial charge in [0.25, 0.3) is 10.1 Å². The molecule has 3 aromatic carbocycles. The maximum atomic E-state index is 14.0. The summed E-state index contributed by atoms with van der Waals surface area (Å²) in [5.41, 5.74) is 3.65. The van der Waals surface area contributed by atoms with E-state index in [1.54, 1.807) is 61.7 Å². The second-order valence-corrected chi connectivity index (χ2v) is 9.72. The van der Waals surface area contributed by atoms with Crippen LogP contribution in [-0.4, -0.2) is 35.0 Å². The Bertz CT molecular complexity index is 1790. The average molecular weight is 554 g/mol. The Kier molecular flexibility index (Phi) is 7.93. The Morgan fingerprint density at radius 2 is 1.74 bits per heavy atom. The van der Waals surface area contributed by atoms with E-state index in [2.05, 4.69) is 25.6 Å². The van der Waals surface area contributed by atoms with Crippen molar-refractivity contribution in [2.75, 3.05) is 17.7 Å². The molecular formula is C26H24FN5O6S. The van der Waals surface area contributed by atoms with Gasteiger partial charge in [-0.1, -0.05) is 18.2 Å². The summed E-state index contributed by atoms with van der Waals surface area (Å²) in [7, 11) is -2.59. The first-order valence-corrected chi connectivity index (χ1v) is 12.8. The molecule has 0 amide bonds. The number of halogens is 1. The van der Waals surface area contributed by atoms with E-state index in [4.69, 9.17) is 13.7 Å². The number of anilines is 4. The van der Waals surface area contributed by atoms with Gasteiger partial charge in [0.15, 0.2) is 17.1 Å². The normalized spacial score (nSPS) is 11.0. The quantitative estimate of drug-likeness (QED) is 0.208. The number of nitrogens with one attached hydrogen (secondary N) is 3. The number of oxazole rings is 1. The van der Waals surface area contributed by atoms with Crippen molar-refractivity contribution in [3.8, 4) is 5.75 Å². The Hall–Kier alpha value is -4.75. The minimum Gasteiger partial charge on any atom is -0.494 e. The number of aromatic nitrogens is 3. The summed E-state index contributed by atoms with van der Waals surface area (Å²) in [5, 5.41) is 6.26. The van der Waals surface area contributed by atoms with E-state index >= 15 is 0 Å². The Morgan fingerprint density at radius 3 is 2.41 bits per heavy atom. The lowest BCUT2D eigenvalue weighted by Gasteiger charge is -2.12. The van der Waals surface area contributed by atoms with Gasteiger partial charge in [-0.25, -0.2) is 14.2 Å². The summed E-state index contributed by atoms with van der Waals surface area (Å²) >= 11 is 0. The van der Waals surface area contributed by atoms with Crippen LogP contribution in [0.5, 0.6) is 5.75 Å². The van der Waals surface area contributed by atoms with E-state index in [0.29, 0.717) is 34.1 Å². The van der Waals surface area contributed by atoms with Gasteiger partial charge < -0.3 is 19.8 Å². The van der Waals surface area contributed by atoms with E-state index in [1.807, 2.05) is 6.92 Å². The van der Waals surface area contributed by atoms with E-state index in [0.717, 1.165) is 11.3 Å². The second-order valence-electron chi connectivity index (χ2n) is 8.30. The van der Waals surface area contributed by atoms with Crippen LogP contribution < -0.4 is 21.1 Å². The van der Waals surface area contributed by atoms with Gasteiger partial charge in [-0.3, -0.25) is 9.54 Å². The standard InChI is InChI=1S/C20H18FN5O3.C6H6O3S/c1-10-6-13(8-16(28-3)17(10)21)24-19-22-9-11(2)18(26-19)23-12-4-5-15-14(7-12)25-20(27)29-15;7-10(8,9)6-4-2-1-3-5-6/h4-9H,1-3H3,(H,25,27)(H2,22,23,24,26);1-5H,(H,7,8,9). The highest BCUT2D eigenvalue weighted by Crippen LogP contribution is 2.28. The first-order valence-electron chi connectivity index (χ1n) is 11.4. The van der Waals surface area contributed by atoms with Crippen LogP contribution in [0.15, 0.2) is 81.0 Å². The van der Waals surface area contributed by atoms with Crippen molar-refractivity contribution in [3.63, 3.8) is 0 Å². The van der Waals surface area contributed by atoms with Crippen molar-refractivity contribution in [1.29, 1.82) is 0 Å². The Balaban J connectivity index is 0.000000298. The lowest BCUT2D eigenvalue weighted by Crippen LogP contribution is -2.03. The highest BCUT2D eigenvalue weighted by atomic mass is 32.2. The first-order chi connectivity index (χ1) is 18.5. The largest absolute Gasteiger partial charge is 0.494 e. The molecule has 0 saturated carbocycles. The van der Waals surface area contributed by atoms with Crippen molar-refractivity contribution in [3.05, 3.63) is 94.4 Å². The third-order valence-corrected chi connectivity index (χ3v) is 6.26. The van der Waals surface area contributed by atoms with Crippen LogP contribution in [0, 0.1) is 19.7 Å². The van der Waals surface area contributed by atoms with Crippen molar-refractivity contribution in [2.24, 2.45) is 0 Å². The predicted molar refractivity (Wildman–Crippen MR) is 144 cm³/mol. The first kappa shape index (κ1) is 27.3. The number of ether oxygens (including phenoxy) is 1. The van der Waals surface area contributed by atoms with E-state index in [9.17, 15) is 17.6 Å². The molecule has 4 N–H and O–H groups in total. The third kappa shape index (κ3) is 6.77. The SMILES string of the molecule is COc1cc(Nc2ncc(C)c(Nc3ccc4oc(=O)[nH]c4c3)n2)cc(C)c1F.O=S(=O)(O)c1ccccc1. The number of aryl methyl sites for hydroxylation is 2. The number of aromatic amines is 1. The number of nitrogens with zero attached hydrogens (tertiary/aromatic N) is 2. The lowest BCUT2D eigenvalue weighted by molar-refractivity contribution is 0.385. The topological polar surface area (TPSA) is 159 Å². The van der Waals surface area contributed by atoms with Crippen molar-refractivity contribution < 1.29 is 26.5 Å². The van der Waals surface area contributed by atoms with Crippen LogP contribution in [0.3, 0.4) is 0 Å². The molecule has 0 saturated heterocycles. The average Bonchev–Trinajstić information content (AvgIpc) is 3.28. The molecule has 0 atom stereocenters. The Labute approximate surface area is 222 Å². The molecule has 0 spiro atoms. The molecule has 0 bridgehead atoms. The number of H-pyrrole nitrogens is 1. The van der Waals surface area contributed by atoms with Crippen LogP contribution in [0.25, 0.3) is 11.1 Å². The number of methoxy groups -OCH3 is 1. The van der Waals surface area contributed by atoms with Crippen LogP contribution in [0.2, 0.25) is 0 Å². The fraction of sp³-hybridized carbons (Fsp3) is 0.115. The monoisotopic (exact) mass is 553 g/mol. The zero-order valence-corrected chi connectivity index (χ0v) is 21.8. The molecule has 5 aromatic rings. The number of benzene rings is 3. The molecule has 0 radical (unpaired) electrons. The number of hydrogen-bond acceptors (Lipinski definition) is 9. The summed E-state index contributed by atoms with van der Waals surface area (Å²) in [5.74, 6) is 0.146. The molecule has 0 unspecified atom stereocenters. The molecule has 0 aliphatic rings. The van der Waals surface area contributed by atoms with Gasteiger partial charge in [-0.2, -0.15) is 13.4 Å².